The van der Waals surface area contributed by atoms with E-state index in [0.29, 0.717) is 0 Å². The zero-order valence-corrected chi connectivity index (χ0v) is 9.06. The number of alkyl halides is 3. The van der Waals surface area contributed by atoms with Gasteiger partial charge in [0.25, 0.3) is 0 Å². The van der Waals surface area contributed by atoms with Crippen molar-refractivity contribution in [3.63, 3.8) is 0 Å². The SMILES string of the molecule is CC1CNc2c(cccc2C(F)(F)F)NC1=O. The molecule has 3 nitrogen and oxygen atoms in total. The van der Waals surface area contributed by atoms with E-state index in [4.69, 9.17) is 0 Å². The van der Waals surface area contributed by atoms with Crippen LogP contribution in [0.2, 0.25) is 0 Å². The fraction of sp³-hybridized carbons (Fsp3) is 0.364. The lowest BCUT2D eigenvalue weighted by Gasteiger charge is -2.15. The van der Waals surface area contributed by atoms with Gasteiger partial charge in [0.05, 0.1) is 22.9 Å². The van der Waals surface area contributed by atoms with Gasteiger partial charge in [0.1, 0.15) is 0 Å². The number of rotatable bonds is 0. The number of anilines is 2. The van der Waals surface area contributed by atoms with Crippen LogP contribution in [0.3, 0.4) is 0 Å². The maximum absolute atomic E-state index is 12.8. The number of para-hydroxylation sites is 1. The summed E-state index contributed by atoms with van der Waals surface area (Å²) >= 11 is 0. The maximum Gasteiger partial charge on any atom is 0.418 e. The van der Waals surface area contributed by atoms with E-state index >= 15 is 0 Å². The summed E-state index contributed by atoms with van der Waals surface area (Å²) in [5.74, 6) is -0.654. The van der Waals surface area contributed by atoms with Gasteiger partial charge in [-0.2, -0.15) is 13.2 Å². The fourth-order valence-corrected chi connectivity index (χ4v) is 1.69. The molecule has 0 saturated heterocycles. The van der Waals surface area contributed by atoms with Crippen molar-refractivity contribution < 1.29 is 18.0 Å². The molecule has 1 aliphatic rings. The first kappa shape index (κ1) is 11.8. The van der Waals surface area contributed by atoms with Crippen molar-refractivity contribution in [3.8, 4) is 0 Å². The summed E-state index contributed by atoms with van der Waals surface area (Å²) in [5, 5.41) is 5.16. The molecule has 0 bridgehead atoms. The molecule has 17 heavy (non-hydrogen) atoms. The number of halogens is 3. The lowest BCUT2D eigenvalue weighted by Crippen LogP contribution is -2.22. The number of carbonyl (C=O) groups excluding carboxylic acids is 1. The molecule has 1 unspecified atom stereocenters. The molecule has 0 aliphatic carbocycles. The topological polar surface area (TPSA) is 41.1 Å². The molecule has 0 saturated carbocycles. The van der Waals surface area contributed by atoms with Gasteiger partial charge in [0.15, 0.2) is 0 Å². The second-order valence-electron chi connectivity index (χ2n) is 4.00. The second-order valence-corrected chi connectivity index (χ2v) is 4.00. The standard InChI is InChI=1S/C11H11F3N2O/c1-6-5-15-9-7(11(12,13)14)3-2-4-8(9)16-10(6)17/h2-4,6,15H,5H2,1H3,(H,16,17). The number of carbonyl (C=O) groups is 1. The largest absolute Gasteiger partial charge is 0.418 e. The number of nitrogens with one attached hydrogen (secondary N) is 2. The second kappa shape index (κ2) is 3.94. The Morgan fingerprint density at radius 1 is 1.35 bits per heavy atom. The highest BCUT2D eigenvalue weighted by Gasteiger charge is 2.35. The average molecular weight is 244 g/mol. The zero-order chi connectivity index (χ0) is 12.6. The van der Waals surface area contributed by atoms with E-state index in [0.717, 1.165) is 6.07 Å². The number of amides is 1. The van der Waals surface area contributed by atoms with Gasteiger partial charge in [0, 0.05) is 6.54 Å². The smallest absolute Gasteiger partial charge is 0.382 e. The molecule has 0 spiro atoms. The molecule has 1 aliphatic heterocycles. The Balaban J connectivity index is 2.49. The zero-order valence-electron chi connectivity index (χ0n) is 9.06. The third-order valence-corrected chi connectivity index (χ3v) is 2.66. The van der Waals surface area contributed by atoms with Crippen molar-refractivity contribution in [1.82, 2.24) is 0 Å². The summed E-state index contributed by atoms with van der Waals surface area (Å²) in [5.41, 5.74) is -0.642. The Morgan fingerprint density at radius 3 is 2.71 bits per heavy atom. The number of hydrogen-bond donors (Lipinski definition) is 2. The maximum atomic E-state index is 12.8. The van der Waals surface area contributed by atoms with Crippen LogP contribution in [0.1, 0.15) is 12.5 Å². The van der Waals surface area contributed by atoms with E-state index in [9.17, 15) is 18.0 Å². The quantitative estimate of drug-likeness (QED) is 0.736. The normalized spacial score (nSPS) is 20.0. The highest BCUT2D eigenvalue weighted by molar-refractivity contribution is 5.97. The van der Waals surface area contributed by atoms with Crippen LogP contribution in [-0.2, 0) is 11.0 Å². The van der Waals surface area contributed by atoms with Crippen LogP contribution in [0.5, 0.6) is 0 Å². The molecule has 1 atom stereocenters. The minimum atomic E-state index is -4.43. The van der Waals surface area contributed by atoms with E-state index in [2.05, 4.69) is 10.6 Å². The molecular weight excluding hydrogens is 233 g/mol. The number of hydrogen-bond acceptors (Lipinski definition) is 2. The number of benzene rings is 1. The summed E-state index contributed by atoms with van der Waals surface area (Å²) in [7, 11) is 0. The predicted octanol–water partition coefficient (Wildman–Crippen LogP) is 2.71. The molecule has 0 radical (unpaired) electrons. The molecule has 6 heteroatoms. The van der Waals surface area contributed by atoms with Crippen LogP contribution >= 0.6 is 0 Å². The van der Waals surface area contributed by atoms with Gasteiger partial charge in [-0.3, -0.25) is 4.79 Å². The monoisotopic (exact) mass is 244 g/mol. The van der Waals surface area contributed by atoms with E-state index in [1.54, 1.807) is 6.92 Å². The molecule has 1 aromatic carbocycles. The molecule has 2 N–H and O–H groups in total. The van der Waals surface area contributed by atoms with E-state index < -0.39 is 11.7 Å². The summed E-state index contributed by atoms with van der Waals surface area (Å²) in [6.07, 6.45) is -4.43. The highest BCUT2D eigenvalue weighted by Crippen LogP contribution is 2.39. The van der Waals surface area contributed by atoms with Crippen molar-refractivity contribution >= 4 is 17.3 Å². The Kier molecular flexibility index (Phi) is 2.73. The first-order valence-electron chi connectivity index (χ1n) is 5.14. The summed E-state index contributed by atoms with van der Waals surface area (Å²) < 4.78 is 38.3. The first-order chi connectivity index (χ1) is 7.89. The average Bonchev–Trinajstić information content (AvgIpc) is 2.37. The molecular formula is C11H11F3N2O. The van der Waals surface area contributed by atoms with Crippen LogP contribution in [0, 0.1) is 5.92 Å². The van der Waals surface area contributed by atoms with Crippen molar-refractivity contribution in [2.45, 2.75) is 13.1 Å². The van der Waals surface area contributed by atoms with Gasteiger partial charge < -0.3 is 10.6 Å². The van der Waals surface area contributed by atoms with Gasteiger partial charge in [-0.05, 0) is 12.1 Å². The third kappa shape index (κ3) is 2.20. The molecule has 1 amide bonds. The highest BCUT2D eigenvalue weighted by atomic mass is 19.4. The van der Waals surface area contributed by atoms with Crippen molar-refractivity contribution in [1.29, 1.82) is 0 Å². The predicted molar refractivity (Wildman–Crippen MR) is 57.7 cm³/mol. The Bertz CT molecular complexity index is 457. The van der Waals surface area contributed by atoms with Crippen LogP contribution in [-0.4, -0.2) is 12.5 Å². The summed E-state index contributed by atoms with van der Waals surface area (Å²) in [6.45, 7) is 1.84. The lowest BCUT2D eigenvalue weighted by atomic mass is 10.1. The van der Waals surface area contributed by atoms with Gasteiger partial charge in [-0.25, -0.2) is 0 Å². The van der Waals surface area contributed by atoms with Gasteiger partial charge in [-0.1, -0.05) is 13.0 Å². The fourth-order valence-electron chi connectivity index (χ4n) is 1.69. The van der Waals surface area contributed by atoms with Crippen LogP contribution in [0.25, 0.3) is 0 Å². The molecule has 92 valence electrons. The Morgan fingerprint density at radius 2 is 2.06 bits per heavy atom. The minimum Gasteiger partial charge on any atom is -0.382 e. The van der Waals surface area contributed by atoms with Crippen LogP contribution in [0.15, 0.2) is 18.2 Å². The van der Waals surface area contributed by atoms with Crippen molar-refractivity contribution in [2.75, 3.05) is 17.2 Å². The Hall–Kier alpha value is -1.72. The number of fused-ring (bicyclic) bond motifs is 1. The molecule has 1 aromatic rings. The molecule has 0 aromatic heterocycles. The third-order valence-electron chi connectivity index (χ3n) is 2.66. The summed E-state index contributed by atoms with van der Waals surface area (Å²) in [4.78, 5) is 11.5. The van der Waals surface area contributed by atoms with E-state index in [-0.39, 0.29) is 29.7 Å². The van der Waals surface area contributed by atoms with Crippen molar-refractivity contribution in [3.05, 3.63) is 23.8 Å². The molecule has 1 heterocycles. The van der Waals surface area contributed by atoms with Crippen molar-refractivity contribution in [2.24, 2.45) is 5.92 Å². The van der Waals surface area contributed by atoms with Crippen LogP contribution in [0.4, 0.5) is 24.5 Å². The van der Waals surface area contributed by atoms with E-state index in [1.807, 2.05) is 0 Å². The minimum absolute atomic E-state index is 0.0577. The van der Waals surface area contributed by atoms with E-state index in [1.165, 1.54) is 12.1 Å². The molecule has 0 fully saturated rings. The summed E-state index contributed by atoms with van der Waals surface area (Å²) in [6, 6.07) is 3.72. The lowest BCUT2D eigenvalue weighted by molar-refractivity contribution is -0.137. The van der Waals surface area contributed by atoms with Gasteiger partial charge in [-0.15, -0.1) is 0 Å². The Labute approximate surface area is 96.0 Å². The van der Waals surface area contributed by atoms with Crippen LogP contribution < -0.4 is 10.6 Å². The van der Waals surface area contributed by atoms with Gasteiger partial charge >= 0.3 is 6.18 Å². The molecule has 2 rings (SSSR count). The van der Waals surface area contributed by atoms with Gasteiger partial charge in [0.2, 0.25) is 5.91 Å². The first-order valence-corrected chi connectivity index (χ1v) is 5.14.